The number of carbonyl (C=O) groups is 1. The van der Waals surface area contributed by atoms with E-state index in [-0.39, 0.29) is 17.3 Å². The minimum Gasteiger partial charge on any atom is -0.506 e. The van der Waals surface area contributed by atoms with Crippen LogP contribution in [0.2, 0.25) is 0 Å². The fourth-order valence-corrected chi connectivity index (χ4v) is 7.20. The first kappa shape index (κ1) is 19.2. The van der Waals surface area contributed by atoms with Gasteiger partial charge >= 0.3 is 0 Å². The standard InChI is InChI=1S/C19H19Br2NO4S/c1-19(2)5-3-12-15(18(19)24)14(9-7-10(20)16(23)11(21)8-9)17-13(22-12)4-6-27(17,25)26/h7-8,14,22-23H,3-6H2,1-2H3. The Kier molecular flexibility index (Phi) is 4.40. The number of sulfone groups is 1. The summed E-state index contributed by atoms with van der Waals surface area (Å²) in [5.74, 6) is -0.570. The smallest absolute Gasteiger partial charge is 0.177 e. The highest BCUT2D eigenvalue weighted by Crippen LogP contribution is 2.51. The molecule has 0 saturated carbocycles. The van der Waals surface area contributed by atoms with Gasteiger partial charge in [-0.3, -0.25) is 4.79 Å². The van der Waals surface area contributed by atoms with E-state index < -0.39 is 21.2 Å². The fourth-order valence-electron chi connectivity index (χ4n) is 4.14. The Bertz CT molecular complexity index is 1030. The molecule has 0 fully saturated rings. The number of hydrogen-bond donors (Lipinski definition) is 2. The third kappa shape index (κ3) is 2.91. The predicted molar refractivity (Wildman–Crippen MR) is 110 cm³/mol. The van der Waals surface area contributed by atoms with Crippen LogP contribution in [0.25, 0.3) is 0 Å². The molecule has 0 aromatic heterocycles. The number of hydrogen-bond acceptors (Lipinski definition) is 5. The Labute approximate surface area is 175 Å². The van der Waals surface area contributed by atoms with Gasteiger partial charge in [-0.15, -0.1) is 0 Å². The number of allylic oxidation sites excluding steroid dienone is 4. The van der Waals surface area contributed by atoms with Gasteiger partial charge in [-0.1, -0.05) is 13.8 Å². The summed E-state index contributed by atoms with van der Waals surface area (Å²) in [6.07, 6.45) is 1.87. The molecule has 3 aliphatic rings. The molecule has 144 valence electrons. The van der Waals surface area contributed by atoms with Gasteiger partial charge in [-0.25, -0.2) is 8.42 Å². The number of benzene rings is 1. The number of ketones is 1. The van der Waals surface area contributed by atoms with E-state index in [2.05, 4.69) is 37.2 Å². The lowest BCUT2D eigenvalue weighted by molar-refractivity contribution is -0.124. The number of halogens is 2. The van der Waals surface area contributed by atoms with E-state index in [4.69, 9.17) is 0 Å². The summed E-state index contributed by atoms with van der Waals surface area (Å²) < 4.78 is 26.6. The fraction of sp³-hybridized carbons (Fsp3) is 0.421. The Balaban J connectivity index is 1.99. The molecule has 1 aliphatic carbocycles. The molecule has 5 nitrogen and oxygen atoms in total. The summed E-state index contributed by atoms with van der Waals surface area (Å²) in [6, 6.07) is 3.40. The molecular weight excluding hydrogens is 498 g/mol. The topological polar surface area (TPSA) is 83.5 Å². The van der Waals surface area contributed by atoms with Crippen molar-refractivity contribution in [3.63, 3.8) is 0 Å². The zero-order chi connectivity index (χ0) is 19.7. The van der Waals surface area contributed by atoms with Gasteiger partial charge in [0.05, 0.1) is 25.5 Å². The maximum atomic E-state index is 13.3. The highest BCUT2D eigenvalue weighted by Gasteiger charge is 2.48. The monoisotopic (exact) mass is 515 g/mol. The van der Waals surface area contributed by atoms with Crippen molar-refractivity contribution in [1.29, 1.82) is 0 Å². The molecule has 27 heavy (non-hydrogen) atoms. The Morgan fingerprint density at radius 2 is 1.78 bits per heavy atom. The quantitative estimate of drug-likeness (QED) is 0.582. The van der Waals surface area contributed by atoms with Crippen molar-refractivity contribution >= 4 is 47.5 Å². The van der Waals surface area contributed by atoms with Crippen LogP contribution in [-0.2, 0) is 14.6 Å². The maximum Gasteiger partial charge on any atom is 0.177 e. The summed E-state index contributed by atoms with van der Waals surface area (Å²) >= 11 is 6.66. The van der Waals surface area contributed by atoms with Crippen LogP contribution in [0.5, 0.6) is 5.75 Å². The van der Waals surface area contributed by atoms with Gasteiger partial charge in [-0.05, 0) is 62.4 Å². The molecule has 2 aliphatic heterocycles. The number of Topliss-reactive ketones (excluding diaryl/α,β-unsaturated/α-hetero) is 1. The molecule has 1 aromatic rings. The number of rotatable bonds is 1. The van der Waals surface area contributed by atoms with Crippen molar-refractivity contribution in [2.45, 2.75) is 39.0 Å². The van der Waals surface area contributed by atoms with Crippen LogP contribution < -0.4 is 5.32 Å². The molecule has 1 atom stereocenters. The molecule has 0 bridgehead atoms. The summed E-state index contributed by atoms with van der Waals surface area (Å²) in [6.45, 7) is 3.82. The van der Waals surface area contributed by atoms with E-state index in [0.717, 1.165) is 12.1 Å². The summed E-state index contributed by atoms with van der Waals surface area (Å²) in [7, 11) is -3.45. The van der Waals surface area contributed by atoms with Crippen LogP contribution in [0.4, 0.5) is 0 Å². The van der Waals surface area contributed by atoms with E-state index in [1.165, 1.54) is 0 Å². The Hall–Kier alpha value is -1.12. The average molecular weight is 517 g/mol. The SMILES string of the molecule is CC1(C)CCC2=C(C1=O)C(c1cc(Br)c(O)c(Br)c1)C1=C(CCS1(=O)=O)N2. The second-order valence-corrected chi connectivity index (χ2v) is 11.7. The van der Waals surface area contributed by atoms with Crippen molar-refractivity contribution in [2.75, 3.05) is 5.75 Å². The van der Waals surface area contributed by atoms with Crippen molar-refractivity contribution in [3.8, 4) is 5.75 Å². The molecule has 0 amide bonds. The lowest BCUT2D eigenvalue weighted by Gasteiger charge is -2.39. The first-order chi connectivity index (χ1) is 12.5. The van der Waals surface area contributed by atoms with Crippen LogP contribution >= 0.6 is 31.9 Å². The molecule has 0 radical (unpaired) electrons. The number of dihydropyridines is 1. The molecule has 1 aromatic carbocycles. The largest absolute Gasteiger partial charge is 0.506 e. The van der Waals surface area contributed by atoms with Gasteiger partial charge in [-0.2, -0.15) is 0 Å². The molecule has 0 spiro atoms. The van der Waals surface area contributed by atoms with Crippen LogP contribution in [0.15, 0.2) is 43.0 Å². The van der Waals surface area contributed by atoms with E-state index in [1.54, 1.807) is 12.1 Å². The van der Waals surface area contributed by atoms with Gasteiger partial charge in [0.25, 0.3) is 0 Å². The lowest BCUT2D eigenvalue weighted by Crippen LogP contribution is -2.39. The summed E-state index contributed by atoms with van der Waals surface area (Å²) in [4.78, 5) is 13.6. The van der Waals surface area contributed by atoms with E-state index >= 15 is 0 Å². The number of carbonyl (C=O) groups excluding carboxylic acids is 1. The van der Waals surface area contributed by atoms with Crippen molar-refractivity contribution in [3.05, 3.63) is 48.5 Å². The van der Waals surface area contributed by atoms with E-state index in [9.17, 15) is 18.3 Å². The summed E-state index contributed by atoms with van der Waals surface area (Å²) in [5, 5.41) is 13.3. The van der Waals surface area contributed by atoms with Crippen molar-refractivity contribution in [1.82, 2.24) is 5.32 Å². The molecule has 4 rings (SSSR count). The van der Waals surface area contributed by atoms with Crippen LogP contribution in [0.3, 0.4) is 0 Å². The maximum absolute atomic E-state index is 13.3. The lowest BCUT2D eigenvalue weighted by atomic mass is 9.69. The molecule has 8 heteroatoms. The van der Waals surface area contributed by atoms with Crippen LogP contribution in [0.1, 0.15) is 44.6 Å². The van der Waals surface area contributed by atoms with Gasteiger partial charge in [0, 0.05) is 28.8 Å². The molecule has 2 heterocycles. The second-order valence-electron chi connectivity index (χ2n) is 7.91. The molecule has 1 unspecified atom stereocenters. The van der Waals surface area contributed by atoms with Crippen molar-refractivity contribution in [2.24, 2.45) is 5.41 Å². The Morgan fingerprint density at radius 1 is 1.15 bits per heavy atom. The van der Waals surface area contributed by atoms with E-state index in [1.807, 2.05) is 13.8 Å². The molecular formula is C19H19Br2NO4S. The van der Waals surface area contributed by atoms with Gasteiger partial charge in [0.2, 0.25) is 0 Å². The number of aromatic hydroxyl groups is 1. The van der Waals surface area contributed by atoms with E-state index in [0.29, 0.717) is 43.5 Å². The Morgan fingerprint density at radius 3 is 2.41 bits per heavy atom. The zero-order valence-electron chi connectivity index (χ0n) is 14.9. The van der Waals surface area contributed by atoms with Crippen LogP contribution in [-0.4, -0.2) is 25.1 Å². The van der Waals surface area contributed by atoms with Crippen molar-refractivity contribution < 1.29 is 18.3 Å². The first-order valence-electron chi connectivity index (χ1n) is 8.71. The van der Waals surface area contributed by atoms with Gasteiger partial charge in [0.15, 0.2) is 15.6 Å². The highest BCUT2D eigenvalue weighted by atomic mass is 79.9. The summed E-state index contributed by atoms with van der Waals surface area (Å²) in [5.41, 5.74) is 2.21. The predicted octanol–water partition coefficient (Wildman–Crippen LogP) is 4.28. The number of phenols is 1. The van der Waals surface area contributed by atoms with Crippen LogP contribution in [0, 0.1) is 5.41 Å². The minimum atomic E-state index is -3.45. The molecule has 0 saturated heterocycles. The molecule has 2 N–H and O–H groups in total. The second kappa shape index (κ2) is 6.19. The minimum absolute atomic E-state index is 0.0183. The highest BCUT2D eigenvalue weighted by molar-refractivity contribution is 9.11. The first-order valence-corrected chi connectivity index (χ1v) is 12.0. The number of nitrogens with one attached hydrogen (secondary N) is 1. The third-order valence-corrected chi connectivity index (χ3v) is 8.77. The third-order valence-electron chi connectivity index (χ3n) is 5.66. The van der Waals surface area contributed by atoms with Gasteiger partial charge in [0.1, 0.15) is 5.75 Å². The zero-order valence-corrected chi connectivity index (χ0v) is 18.9. The normalized spacial score (nSPS) is 25.9. The van der Waals surface area contributed by atoms with Gasteiger partial charge < -0.3 is 10.4 Å². The average Bonchev–Trinajstić information content (AvgIpc) is 2.89. The number of phenolic OH excluding ortho intramolecular Hbond substituents is 1.